The van der Waals surface area contributed by atoms with Gasteiger partial charge in [-0.2, -0.15) is 0 Å². The summed E-state index contributed by atoms with van der Waals surface area (Å²) in [6.07, 6.45) is 0. The molecule has 0 bridgehead atoms. The Hall–Kier alpha value is -2.11. The molecular weight excluding hydrogens is 354 g/mol. The van der Waals surface area contributed by atoms with Crippen molar-refractivity contribution in [3.05, 3.63) is 69.5 Å². The van der Waals surface area contributed by atoms with Gasteiger partial charge >= 0.3 is 6.03 Å². The second kappa shape index (κ2) is 6.07. The molecule has 2 aromatic rings. The standard InChI is InChI=1S/C17H13Cl2FN2O2/c1-17(13-6-5-11(18)8-14(13)19)15(23)22(16(24)21-17)9-10-3-2-4-12(20)7-10/h2-8H,9H2,1H3,(H,21,24). The minimum absolute atomic E-state index is 0.0246. The molecule has 4 nitrogen and oxygen atoms in total. The third kappa shape index (κ3) is 2.85. The lowest BCUT2D eigenvalue weighted by Gasteiger charge is -2.23. The predicted molar refractivity (Wildman–Crippen MR) is 89.3 cm³/mol. The molecule has 3 rings (SSSR count). The lowest BCUT2D eigenvalue weighted by Crippen LogP contribution is -2.41. The molecule has 1 aliphatic heterocycles. The third-order valence-corrected chi connectivity index (χ3v) is 4.52. The zero-order chi connectivity index (χ0) is 17.5. The number of urea groups is 1. The highest BCUT2D eigenvalue weighted by Gasteiger charge is 2.49. The largest absolute Gasteiger partial charge is 0.325 e. The van der Waals surface area contributed by atoms with Crippen molar-refractivity contribution in [2.24, 2.45) is 0 Å². The lowest BCUT2D eigenvalue weighted by atomic mass is 9.92. The van der Waals surface area contributed by atoms with E-state index in [0.29, 0.717) is 16.1 Å². The molecule has 0 aliphatic carbocycles. The molecule has 1 atom stereocenters. The Labute approximate surface area is 148 Å². The van der Waals surface area contributed by atoms with Crippen LogP contribution in [0, 0.1) is 5.82 Å². The first-order chi connectivity index (χ1) is 11.3. The summed E-state index contributed by atoms with van der Waals surface area (Å²) in [6, 6.07) is 9.92. The number of amides is 3. The van der Waals surface area contributed by atoms with Crippen LogP contribution in [0.3, 0.4) is 0 Å². The number of nitrogens with one attached hydrogen (secondary N) is 1. The van der Waals surface area contributed by atoms with Crippen molar-refractivity contribution >= 4 is 35.1 Å². The molecule has 1 saturated heterocycles. The summed E-state index contributed by atoms with van der Waals surface area (Å²) < 4.78 is 13.3. The maximum atomic E-state index is 13.3. The number of carbonyl (C=O) groups excluding carboxylic acids is 2. The average Bonchev–Trinajstić information content (AvgIpc) is 2.71. The number of hydrogen-bond donors (Lipinski definition) is 1. The van der Waals surface area contributed by atoms with Crippen LogP contribution in [-0.2, 0) is 16.9 Å². The van der Waals surface area contributed by atoms with Crippen molar-refractivity contribution in [1.82, 2.24) is 10.2 Å². The first-order valence-electron chi connectivity index (χ1n) is 7.15. The second-order valence-corrected chi connectivity index (χ2v) is 6.54. The van der Waals surface area contributed by atoms with Gasteiger partial charge in [0, 0.05) is 15.6 Å². The summed E-state index contributed by atoms with van der Waals surface area (Å²) in [4.78, 5) is 26.1. The molecule has 0 spiro atoms. The third-order valence-electron chi connectivity index (χ3n) is 3.97. The Balaban J connectivity index is 1.93. The summed E-state index contributed by atoms with van der Waals surface area (Å²) in [5, 5.41) is 3.37. The Kier molecular flexibility index (Phi) is 4.24. The van der Waals surface area contributed by atoms with Crippen LogP contribution in [0.4, 0.5) is 9.18 Å². The van der Waals surface area contributed by atoms with Crippen LogP contribution < -0.4 is 5.32 Å². The zero-order valence-electron chi connectivity index (χ0n) is 12.6. The average molecular weight is 367 g/mol. The van der Waals surface area contributed by atoms with Crippen LogP contribution in [0.25, 0.3) is 0 Å². The van der Waals surface area contributed by atoms with E-state index in [2.05, 4.69) is 5.32 Å². The Morgan fingerprint density at radius 2 is 1.92 bits per heavy atom. The van der Waals surface area contributed by atoms with Crippen LogP contribution in [0.5, 0.6) is 0 Å². The van der Waals surface area contributed by atoms with E-state index in [9.17, 15) is 14.0 Å². The van der Waals surface area contributed by atoms with Crippen molar-refractivity contribution < 1.29 is 14.0 Å². The van der Waals surface area contributed by atoms with Gasteiger partial charge in [0.2, 0.25) is 0 Å². The van der Waals surface area contributed by atoms with E-state index in [0.717, 1.165) is 4.90 Å². The molecule has 0 aromatic heterocycles. The molecule has 1 heterocycles. The van der Waals surface area contributed by atoms with Gasteiger partial charge in [0.15, 0.2) is 0 Å². The van der Waals surface area contributed by atoms with E-state index in [4.69, 9.17) is 23.2 Å². The first kappa shape index (κ1) is 16.7. The van der Waals surface area contributed by atoms with Crippen LogP contribution in [0.15, 0.2) is 42.5 Å². The van der Waals surface area contributed by atoms with Gasteiger partial charge in [-0.05, 0) is 36.8 Å². The SMILES string of the molecule is CC1(c2ccc(Cl)cc2Cl)NC(=O)N(Cc2cccc(F)c2)C1=O. The van der Waals surface area contributed by atoms with Gasteiger partial charge in [-0.25, -0.2) is 9.18 Å². The minimum Gasteiger partial charge on any atom is -0.319 e. The second-order valence-electron chi connectivity index (χ2n) is 5.70. The molecule has 1 unspecified atom stereocenters. The number of hydrogen-bond acceptors (Lipinski definition) is 2. The van der Waals surface area contributed by atoms with Gasteiger partial charge in [0.1, 0.15) is 11.4 Å². The molecule has 0 radical (unpaired) electrons. The minimum atomic E-state index is -1.30. The summed E-state index contributed by atoms with van der Waals surface area (Å²) >= 11 is 12.1. The van der Waals surface area contributed by atoms with E-state index in [1.807, 2.05) is 0 Å². The molecule has 7 heteroatoms. The van der Waals surface area contributed by atoms with E-state index >= 15 is 0 Å². The number of benzene rings is 2. The van der Waals surface area contributed by atoms with Gasteiger partial charge in [-0.1, -0.05) is 41.4 Å². The number of nitrogens with zero attached hydrogens (tertiary/aromatic N) is 1. The number of halogens is 3. The fraction of sp³-hybridized carbons (Fsp3) is 0.176. The first-order valence-corrected chi connectivity index (χ1v) is 7.91. The fourth-order valence-electron chi connectivity index (χ4n) is 2.74. The van der Waals surface area contributed by atoms with Gasteiger partial charge in [-0.15, -0.1) is 0 Å². The Bertz CT molecular complexity index is 843. The van der Waals surface area contributed by atoms with Crippen molar-refractivity contribution in [1.29, 1.82) is 0 Å². The topological polar surface area (TPSA) is 49.4 Å². The normalized spacial score (nSPS) is 20.4. The maximum absolute atomic E-state index is 13.3. The van der Waals surface area contributed by atoms with Crippen LogP contribution >= 0.6 is 23.2 Å². The maximum Gasteiger partial charge on any atom is 0.325 e. The molecule has 2 aromatic carbocycles. The molecular formula is C17H13Cl2FN2O2. The Morgan fingerprint density at radius 1 is 1.17 bits per heavy atom. The lowest BCUT2D eigenvalue weighted by molar-refractivity contribution is -0.131. The fourth-order valence-corrected chi connectivity index (χ4v) is 3.33. The van der Waals surface area contributed by atoms with Gasteiger partial charge < -0.3 is 5.32 Å². The molecule has 1 aliphatic rings. The summed E-state index contributed by atoms with van der Waals surface area (Å²) in [5.74, 6) is -0.885. The van der Waals surface area contributed by atoms with Gasteiger partial charge in [0.25, 0.3) is 5.91 Å². The van der Waals surface area contributed by atoms with Crippen molar-refractivity contribution in [2.75, 3.05) is 0 Å². The summed E-state index contributed by atoms with van der Waals surface area (Å²) in [6.45, 7) is 1.55. The number of rotatable bonds is 3. The smallest absolute Gasteiger partial charge is 0.319 e. The van der Waals surface area contributed by atoms with E-state index in [-0.39, 0.29) is 11.6 Å². The van der Waals surface area contributed by atoms with Gasteiger partial charge in [0.05, 0.1) is 6.54 Å². The molecule has 1 N–H and O–H groups in total. The van der Waals surface area contributed by atoms with E-state index in [1.165, 1.54) is 24.3 Å². The van der Waals surface area contributed by atoms with Crippen molar-refractivity contribution in [2.45, 2.75) is 19.0 Å². The molecule has 124 valence electrons. The zero-order valence-corrected chi connectivity index (χ0v) is 14.2. The molecule has 0 saturated carbocycles. The monoisotopic (exact) mass is 366 g/mol. The molecule has 24 heavy (non-hydrogen) atoms. The van der Waals surface area contributed by atoms with E-state index in [1.54, 1.807) is 25.1 Å². The predicted octanol–water partition coefficient (Wildman–Crippen LogP) is 4.10. The van der Waals surface area contributed by atoms with Crippen molar-refractivity contribution in [3.8, 4) is 0 Å². The molecule has 1 fully saturated rings. The molecule has 3 amide bonds. The summed E-state index contributed by atoms with van der Waals surface area (Å²) in [7, 11) is 0. The van der Waals surface area contributed by atoms with Crippen LogP contribution in [-0.4, -0.2) is 16.8 Å². The van der Waals surface area contributed by atoms with Crippen LogP contribution in [0.2, 0.25) is 10.0 Å². The Morgan fingerprint density at radius 3 is 2.58 bits per heavy atom. The summed E-state index contributed by atoms with van der Waals surface area (Å²) in [5.41, 5.74) is -0.329. The van der Waals surface area contributed by atoms with Crippen LogP contribution in [0.1, 0.15) is 18.1 Å². The highest BCUT2D eigenvalue weighted by atomic mass is 35.5. The van der Waals surface area contributed by atoms with E-state index < -0.39 is 23.3 Å². The highest BCUT2D eigenvalue weighted by Crippen LogP contribution is 2.35. The number of imide groups is 1. The number of carbonyl (C=O) groups is 2. The quantitative estimate of drug-likeness (QED) is 0.831. The van der Waals surface area contributed by atoms with Crippen molar-refractivity contribution in [3.63, 3.8) is 0 Å². The van der Waals surface area contributed by atoms with Gasteiger partial charge in [-0.3, -0.25) is 9.69 Å². The highest BCUT2D eigenvalue weighted by molar-refractivity contribution is 6.35.